The summed E-state index contributed by atoms with van der Waals surface area (Å²) in [5, 5.41) is 20.6. The molecule has 1 heterocycles. The molecule has 0 spiro atoms. The van der Waals surface area contributed by atoms with Crippen molar-refractivity contribution in [3.05, 3.63) is 66.1 Å². The monoisotopic (exact) mass is 512 g/mol. The van der Waals surface area contributed by atoms with Crippen LogP contribution in [0.2, 0.25) is 0 Å². The van der Waals surface area contributed by atoms with Crippen molar-refractivity contribution >= 4 is 57.3 Å². The Kier molecular flexibility index (Phi) is 5.89. The van der Waals surface area contributed by atoms with Crippen LogP contribution in [-0.4, -0.2) is 33.2 Å². The summed E-state index contributed by atoms with van der Waals surface area (Å²) in [6.45, 7) is -0.185. The largest absolute Gasteiger partial charge is 0.504 e. The Morgan fingerprint density at radius 1 is 1.32 bits per heavy atom. The van der Waals surface area contributed by atoms with Crippen molar-refractivity contribution in [1.29, 1.82) is 0 Å². The van der Waals surface area contributed by atoms with E-state index in [0.717, 1.165) is 16.7 Å². The number of carbonyl (C=O) groups excluding carboxylic acids is 2. The Hall–Kier alpha value is -2.60. The normalized spacial score (nSPS) is 15.4. The second-order valence-corrected chi connectivity index (χ2v) is 7.86. The third-order valence-electron chi connectivity index (χ3n) is 3.96. The van der Waals surface area contributed by atoms with E-state index in [1.54, 1.807) is 18.2 Å². The minimum Gasteiger partial charge on any atom is -0.504 e. The number of phenolic OH excluding ortho intramolecular Hbond substituents is 1. The molecule has 0 bridgehead atoms. The van der Waals surface area contributed by atoms with E-state index in [1.165, 1.54) is 31.4 Å². The van der Waals surface area contributed by atoms with E-state index in [-0.39, 0.29) is 34.2 Å². The van der Waals surface area contributed by atoms with Gasteiger partial charge in [-0.1, -0.05) is 18.2 Å². The molecular weight excluding hydrogens is 499 g/mol. The number of benzene rings is 2. The molecule has 1 saturated heterocycles. The van der Waals surface area contributed by atoms with Crippen LogP contribution in [0.4, 0.5) is 10.5 Å². The highest BCUT2D eigenvalue weighted by Crippen LogP contribution is 2.37. The van der Waals surface area contributed by atoms with Crippen molar-refractivity contribution in [2.75, 3.05) is 7.11 Å². The second-order valence-electron chi connectivity index (χ2n) is 5.71. The van der Waals surface area contributed by atoms with Gasteiger partial charge in [0.1, 0.15) is 0 Å². The molecule has 144 valence electrons. The Morgan fingerprint density at radius 2 is 2.04 bits per heavy atom. The number of nitro benzene ring substituents is 1. The lowest BCUT2D eigenvalue weighted by Crippen LogP contribution is -2.27. The number of amides is 2. The van der Waals surface area contributed by atoms with Gasteiger partial charge in [0.2, 0.25) is 0 Å². The van der Waals surface area contributed by atoms with Crippen LogP contribution in [0.25, 0.3) is 6.08 Å². The van der Waals surface area contributed by atoms with Crippen LogP contribution in [-0.2, 0) is 11.3 Å². The predicted octanol–water partition coefficient (Wildman–Crippen LogP) is 4.15. The number of halogens is 1. The molecule has 1 aliphatic heterocycles. The van der Waals surface area contributed by atoms with E-state index in [0.29, 0.717) is 9.13 Å². The van der Waals surface area contributed by atoms with Crippen LogP contribution < -0.4 is 4.74 Å². The molecule has 2 amide bonds. The number of hydrogen-bond donors (Lipinski definition) is 1. The van der Waals surface area contributed by atoms with E-state index in [1.807, 2.05) is 22.6 Å². The fourth-order valence-electron chi connectivity index (χ4n) is 2.61. The number of rotatable bonds is 5. The van der Waals surface area contributed by atoms with Crippen molar-refractivity contribution in [2.24, 2.45) is 0 Å². The van der Waals surface area contributed by atoms with Crippen LogP contribution >= 0.6 is 34.4 Å². The summed E-state index contributed by atoms with van der Waals surface area (Å²) < 4.78 is 5.63. The Labute approximate surface area is 177 Å². The van der Waals surface area contributed by atoms with Gasteiger partial charge >= 0.3 is 0 Å². The highest BCUT2D eigenvalue weighted by molar-refractivity contribution is 14.1. The lowest BCUT2D eigenvalue weighted by atomic mass is 10.1. The molecule has 0 aromatic heterocycles. The number of nitrogens with zero attached hydrogens (tertiary/aromatic N) is 2. The van der Waals surface area contributed by atoms with E-state index in [2.05, 4.69) is 0 Å². The number of para-hydroxylation sites is 1. The molecule has 3 rings (SSSR count). The lowest BCUT2D eigenvalue weighted by molar-refractivity contribution is -0.385. The minimum atomic E-state index is -0.547. The molecule has 0 atom stereocenters. The second kappa shape index (κ2) is 8.19. The lowest BCUT2D eigenvalue weighted by Gasteiger charge is -2.12. The molecule has 8 nitrogen and oxygen atoms in total. The summed E-state index contributed by atoms with van der Waals surface area (Å²) in [7, 11) is 1.41. The number of aromatic hydroxyl groups is 1. The first-order chi connectivity index (χ1) is 13.3. The molecule has 1 fully saturated rings. The van der Waals surface area contributed by atoms with Gasteiger partial charge in [-0.3, -0.25) is 24.6 Å². The van der Waals surface area contributed by atoms with Crippen molar-refractivity contribution in [3.63, 3.8) is 0 Å². The first-order valence-electron chi connectivity index (χ1n) is 7.86. The smallest absolute Gasteiger partial charge is 0.293 e. The summed E-state index contributed by atoms with van der Waals surface area (Å²) in [6.07, 6.45) is 1.52. The predicted molar refractivity (Wildman–Crippen MR) is 112 cm³/mol. The molecular formula is C18H13IN2O6S. The van der Waals surface area contributed by atoms with Crippen molar-refractivity contribution in [1.82, 2.24) is 4.90 Å². The van der Waals surface area contributed by atoms with Gasteiger partial charge in [0, 0.05) is 11.6 Å². The number of imide groups is 1. The number of nitro groups is 1. The summed E-state index contributed by atoms with van der Waals surface area (Å²) in [4.78, 5) is 36.7. The average molecular weight is 512 g/mol. The third kappa shape index (κ3) is 3.97. The molecule has 28 heavy (non-hydrogen) atoms. The van der Waals surface area contributed by atoms with E-state index >= 15 is 0 Å². The zero-order chi connectivity index (χ0) is 20.4. The van der Waals surface area contributed by atoms with Crippen LogP contribution in [0, 0.1) is 13.7 Å². The average Bonchev–Trinajstić information content (AvgIpc) is 2.92. The summed E-state index contributed by atoms with van der Waals surface area (Å²) in [5.74, 6) is -0.294. The summed E-state index contributed by atoms with van der Waals surface area (Å²) in [6, 6.07) is 9.17. The number of phenols is 1. The quantitative estimate of drug-likeness (QED) is 0.278. The van der Waals surface area contributed by atoms with Gasteiger partial charge in [0.05, 0.1) is 27.1 Å². The maximum absolute atomic E-state index is 12.7. The Balaban J connectivity index is 1.90. The fraction of sp³-hybridized carbons (Fsp3) is 0.111. The number of thioether (sulfide) groups is 1. The van der Waals surface area contributed by atoms with Crippen molar-refractivity contribution < 1.29 is 24.4 Å². The summed E-state index contributed by atoms with van der Waals surface area (Å²) >= 11 is 2.69. The SMILES string of the molecule is COc1cc(C=C2SC(=O)N(Cc3ccccc3[N+](=O)[O-])C2=O)cc(I)c1O. The van der Waals surface area contributed by atoms with Crippen LogP contribution in [0.5, 0.6) is 11.5 Å². The van der Waals surface area contributed by atoms with Crippen LogP contribution in [0.3, 0.4) is 0 Å². The summed E-state index contributed by atoms with van der Waals surface area (Å²) in [5.41, 5.74) is 0.704. The van der Waals surface area contributed by atoms with Gasteiger partial charge in [0.25, 0.3) is 16.8 Å². The third-order valence-corrected chi connectivity index (χ3v) is 5.69. The van der Waals surface area contributed by atoms with E-state index in [4.69, 9.17) is 4.74 Å². The molecule has 0 radical (unpaired) electrons. The molecule has 1 aliphatic rings. The number of methoxy groups -OCH3 is 1. The zero-order valence-corrected chi connectivity index (χ0v) is 17.4. The van der Waals surface area contributed by atoms with Gasteiger partial charge < -0.3 is 9.84 Å². The Bertz CT molecular complexity index is 1020. The molecule has 10 heteroatoms. The number of hydrogen-bond acceptors (Lipinski definition) is 7. The van der Waals surface area contributed by atoms with Gasteiger partial charge in [-0.25, -0.2) is 0 Å². The fourth-order valence-corrected chi connectivity index (χ4v) is 4.08. The van der Waals surface area contributed by atoms with E-state index in [9.17, 15) is 24.8 Å². The Morgan fingerprint density at radius 3 is 2.71 bits per heavy atom. The molecule has 0 aliphatic carbocycles. The molecule has 1 N–H and O–H groups in total. The molecule has 2 aromatic rings. The molecule has 0 saturated carbocycles. The molecule has 2 aromatic carbocycles. The van der Waals surface area contributed by atoms with Crippen LogP contribution in [0.1, 0.15) is 11.1 Å². The standard InChI is InChI=1S/C18H13IN2O6S/c1-27-14-7-10(6-12(19)16(14)22)8-15-17(23)20(18(24)28-15)9-11-4-2-3-5-13(11)21(25)26/h2-8,22H,9H2,1H3. The minimum absolute atomic E-state index is 0.00950. The van der Waals surface area contributed by atoms with Crippen molar-refractivity contribution in [3.8, 4) is 11.5 Å². The van der Waals surface area contributed by atoms with Gasteiger partial charge in [-0.15, -0.1) is 0 Å². The highest BCUT2D eigenvalue weighted by atomic mass is 127. The van der Waals surface area contributed by atoms with Gasteiger partial charge in [0.15, 0.2) is 11.5 Å². The van der Waals surface area contributed by atoms with Gasteiger partial charge in [-0.05, 0) is 58.1 Å². The van der Waals surface area contributed by atoms with E-state index < -0.39 is 16.1 Å². The zero-order valence-electron chi connectivity index (χ0n) is 14.4. The maximum atomic E-state index is 12.7. The van der Waals surface area contributed by atoms with Gasteiger partial charge in [-0.2, -0.15) is 0 Å². The number of carbonyl (C=O) groups is 2. The topological polar surface area (TPSA) is 110 Å². The first-order valence-corrected chi connectivity index (χ1v) is 9.75. The molecule has 0 unspecified atom stereocenters. The number of ether oxygens (including phenoxy) is 1. The maximum Gasteiger partial charge on any atom is 0.293 e. The first kappa shape index (κ1) is 20.1. The highest BCUT2D eigenvalue weighted by Gasteiger charge is 2.36. The van der Waals surface area contributed by atoms with Crippen molar-refractivity contribution in [2.45, 2.75) is 6.54 Å². The van der Waals surface area contributed by atoms with Crippen LogP contribution in [0.15, 0.2) is 41.3 Å².